The quantitative estimate of drug-likeness (QED) is 0.232. The van der Waals surface area contributed by atoms with E-state index in [0.29, 0.717) is 0 Å². The molecule has 0 fully saturated rings. The smallest absolute Gasteiger partial charge is 0.0963 e. The van der Waals surface area contributed by atoms with Crippen LogP contribution in [0.3, 0.4) is 0 Å². The third-order valence-corrected chi connectivity index (χ3v) is 7.22. The summed E-state index contributed by atoms with van der Waals surface area (Å²) in [5.74, 6) is 0. The zero-order chi connectivity index (χ0) is 22.4. The van der Waals surface area contributed by atoms with Crippen LogP contribution >= 0.6 is 15.9 Å². The first kappa shape index (κ1) is 20.3. The molecular weight excluding hydrogens is 463 g/mol. The van der Waals surface area contributed by atoms with Crippen LogP contribution in [0.25, 0.3) is 22.3 Å². The summed E-state index contributed by atoms with van der Waals surface area (Å²) in [6.45, 7) is 0. The van der Waals surface area contributed by atoms with E-state index < -0.39 is 5.41 Å². The van der Waals surface area contributed by atoms with Gasteiger partial charge in [-0.2, -0.15) is 0 Å². The second-order valence-corrected chi connectivity index (χ2v) is 9.44. The van der Waals surface area contributed by atoms with Crippen molar-refractivity contribution in [3.63, 3.8) is 0 Å². The topological polar surface area (TPSA) is 0 Å². The highest BCUT2D eigenvalue weighted by atomic mass is 79.9. The Morgan fingerprint density at radius 3 is 1.97 bits per heavy atom. The predicted molar refractivity (Wildman–Crippen MR) is 142 cm³/mol. The number of hydrogen-bond acceptors (Lipinski definition) is 0. The van der Waals surface area contributed by atoms with Gasteiger partial charge in [0.05, 0.1) is 5.41 Å². The molecule has 0 N–H and O–H groups in total. The van der Waals surface area contributed by atoms with E-state index in [9.17, 15) is 0 Å². The largest absolute Gasteiger partial charge is 0.113 e. The Labute approximate surface area is 204 Å². The first-order chi connectivity index (χ1) is 16.2. The van der Waals surface area contributed by atoms with Gasteiger partial charge in [0, 0.05) is 4.47 Å². The van der Waals surface area contributed by atoms with Crippen molar-refractivity contribution in [1.82, 2.24) is 0 Å². The molecule has 5 aromatic rings. The third kappa shape index (κ3) is 3.05. The van der Waals surface area contributed by atoms with Gasteiger partial charge < -0.3 is 0 Å². The molecule has 0 aliphatic heterocycles. The normalized spacial score (nSPS) is 16.3. The third-order valence-electron chi connectivity index (χ3n) is 6.73. The Balaban J connectivity index is 1.80. The second-order valence-electron chi connectivity index (χ2n) is 8.53. The van der Waals surface area contributed by atoms with E-state index in [4.69, 9.17) is 7.85 Å². The molecule has 1 unspecified atom stereocenters. The number of halogens is 1. The van der Waals surface area contributed by atoms with Gasteiger partial charge >= 0.3 is 0 Å². The predicted octanol–water partition coefficient (Wildman–Crippen LogP) is 7.27. The molecule has 2 radical (unpaired) electrons. The van der Waals surface area contributed by atoms with E-state index in [1.165, 1.54) is 44.5 Å². The van der Waals surface area contributed by atoms with E-state index in [1.54, 1.807) is 0 Å². The lowest BCUT2D eigenvalue weighted by molar-refractivity contribution is 0.769. The van der Waals surface area contributed by atoms with E-state index in [2.05, 4.69) is 131 Å². The molecule has 1 aliphatic carbocycles. The standard InChI is InChI=1S/C31H20BBr/c32-24-13-6-11-22(19-24)31(23-12-7-14-25(33)20-23)28-17-5-4-15-27(28)30-26(16-8-18-29(30)31)21-9-2-1-3-10-21/h1-20H. The minimum Gasteiger partial charge on any atom is -0.0963 e. The summed E-state index contributed by atoms with van der Waals surface area (Å²) >= 11 is 3.73. The van der Waals surface area contributed by atoms with E-state index >= 15 is 0 Å². The van der Waals surface area contributed by atoms with Crippen molar-refractivity contribution in [3.05, 3.63) is 148 Å². The Morgan fingerprint density at radius 1 is 0.545 bits per heavy atom. The Hall–Kier alpha value is -3.36. The molecule has 0 aromatic heterocycles. The van der Waals surface area contributed by atoms with E-state index in [-0.39, 0.29) is 0 Å². The maximum absolute atomic E-state index is 6.34. The van der Waals surface area contributed by atoms with Gasteiger partial charge in [-0.15, -0.1) is 0 Å². The molecule has 0 heterocycles. The summed E-state index contributed by atoms with van der Waals surface area (Å²) in [5, 5.41) is 0. The lowest BCUT2D eigenvalue weighted by atomic mass is 9.67. The molecule has 0 saturated carbocycles. The average Bonchev–Trinajstić information content (AvgIpc) is 3.16. The zero-order valence-electron chi connectivity index (χ0n) is 18.0. The molecule has 1 atom stereocenters. The van der Waals surface area contributed by atoms with Crippen LogP contribution in [-0.4, -0.2) is 7.85 Å². The van der Waals surface area contributed by atoms with Crippen molar-refractivity contribution in [2.24, 2.45) is 0 Å². The van der Waals surface area contributed by atoms with Gasteiger partial charge in [0.2, 0.25) is 0 Å². The maximum Gasteiger partial charge on any atom is 0.113 e. The van der Waals surface area contributed by atoms with Crippen molar-refractivity contribution >= 4 is 29.2 Å². The molecule has 0 saturated heterocycles. The average molecular weight is 483 g/mol. The minimum atomic E-state index is -0.462. The molecule has 2 heteroatoms. The Morgan fingerprint density at radius 2 is 1.18 bits per heavy atom. The van der Waals surface area contributed by atoms with Gasteiger partial charge in [-0.05, 0) is 56.6 Å². The Bertz CT molecular complexity index is 1440. The summed E-state index contributed by atoms with van der Waals surface area (Å²) < 4.78 is 1.06. The van der Waals surface area contributed by atoms with Crippen molar-refractivity contribution < 1.29 is 0 Å². The van der Waals surface area contributed by atoms with Crippen LogP contribution < -0.4 is 5.46 Å². The summed E-state index contributed by atoms with van der Waals surface area (Å²) in [5.41, 5.74) is 10.3. The number of hydrogen-bond donors (Lipinski definition) is 0. The highest BCUT2D eigenvalue weighted by molar-refractivity contribution is 9.10. The maximum atomic E-state index is 6.34. The van der Waals surface area contributed by atoms with E-state index in [1.807, 2.05) is 6.07 Å². The first-order valence-electron chi connectivity index (χ1n) is 11.1. The van der Waals surface area contributed by atoms with Crippen LogP contribution in [0.15, 0.2) is 126 Å². The van der Waals surface area contributed by atoms with Crippen molar-refractivity contribution in [1.29, 1.82) is 0 Å². The van der Waals surface area contributed by atoms with Gasteiger partial charge in [-0.3, -0.25) is 0 Å². The van der Waals surface area contributed by atoms with Gasteiger partial charge in [0.25, 0.3) is 0 Å². The number of fused-ring (bicyclic) bond motifs is 3. The zero-order valence-corrected chi connectivity index (χ0v) is 19.6. The van der Waals surface area contributed by atoms with Gasteiger partial charge in [-0.25, -0.2) is 0 Å². The number of rotatable bonds is 3. The van der Waals surface area contributed by atoms with E-state index in [0.717, 1.165) is 9.94 Å². The fourth-order valence-corrected chi connectivity index (χ4v) is 5.87. The Kier molecular flexibility index (Phi) is 4.85. The van der Waals surface area contributed by atoms with Gasteiger partial charge in [-0.1, -0.05) is 131 Å². The number of benzene rings is 5. The molecule has 154 valence electrons. The van der Waals surface area contributed by atoms with Crippen LogP contribution in [0.4, 0.5) is 0 Å². The van der Waals surface area contributed by atoms with Crippen LogP contribution in [0.2, 0.25) is 0 Å². The van der Waals surface area contributed by atoms with Crippen molar-refractivity contribution in [2.45, 2.75) is 5.41 Å². The molecule has 33 heavy (non-hydrogen) atoms. The van der Waals surface area contributed by atoms with Crippen LogP contribution in [0.5, 0.6) is 0 Å². The van der Waals surface area contributed by atoms with Gasteiger partial charge in [0.1, 0.15) is 7.85 Å². The molecular formula is C31H20BBr. The molecule has 0 bridgehead atoms. The molecule has 5 aromatic carbocycles. The summed E-state index contributed by atoms with van der Waals surface area (Å²) in [4.78, 5) is 0. The fourth-order valence-electron chi connectivity index (χ4n) is 5.47. The monoisotopic (exact) mass is 482 g/mol. The molecule has 0 nitrogen and oxygen atoms in total. The molecule has 0 amide bonds. The molecule has 1 aliphatic rings. The minimum absolute atomic E-state index is 0.462. The second kappa shape index (κ2) is 7.90. The van der Waals surface area contributed by atoms with Crippen molar-refractivity contribution in [2.75, 3.05) is 0 Å². The van der Waals surface area contributed by atoms with Gasteiger partial charge in [0.15, 0.2) is 0 Å². The summed E-state index contributed by atoms with van der Waals surface area (Å²) in [6, 6.07) is 43.2. The fraction of sp³-hybridized carbons (Fsp3) is 0.0323. The van der Waals surface area contributed by atoms with Crippen LogP contribution in [0, 0.1) is 0 Å². The van der Waals surface area contributed by atoms with Crippen LogP contribution in [0.1, 0.15) is 22.3 Å². The van der Waals surface area contributed by atoms with Crippen molar-refractivity contribution in [3.8, 4) is 22.3 Å². The molecule has 0 spiro atoms. The SMILES string of the molecule is [B]c1cccc(C2(c3cccc(Br)c3)c3ccccc3-c3c(-c4ccccc4)cccc32)c1. The summed E-state index contributed by atoms with van der Waals surface area (Å²) in [6.07, 6.45) is 0. The first-order valence-corrected chi connectivity index (χ1v) is 11.9. The highest BCUT2D eigenvalue weighted by Crippen LogP contribution is 2.58. The lowest BCUT2D eigenvalue weighted by Crippen LogP contribution is -2.29. The van der Waals surface area contributed by atoms with Crippen LogP contribution in [-0.2, 0) is 5.41 Å². The highest BCUT2D eigenvalue weighted by Gasteiger charge is 2.46. The lowest BCUT2D eigenvalue weighted by Gasteiger charge is -2.34. The molecule has 6 rings (SSSR count). The summed E-state index contributed by atoms with van der Waals surface area (Å²) in [7, 11) is 6.34.